The molecule has 8 nitrogen and oxygen atoms in total. The molecule has 3 aromatic rings. The van der Waals surface area contributed by atoms with Gasteiger partial charge in [0.1, 0.15) is 17.5 Å². The van der Waals surface area contributed by atoms with E-state index in [9.17, 15) is 18.0 Å². The molecule has 0 saturated heterocycles. The Hall–Kier alpha value is -4.11. The number of sulfonamides is 1. The van der Waals surface area contributed by atoms with Gasteiger partial charge in [-0.2, -0.15) is 0 Å². The van der Waals surface area contributed by atoms with Crippen LogP contribution in [-0.2, 0) is 14.8 Å². The first-order valence-electron chi connectivity index (χ1n) is 10.8. The highest BCUT2D eigenvalue weighted by Crippen LogP contribution is 2.27. The summed E-state index contributed by atoms with van der Waals surface area (Å²) in [5, 5.41) is 5.34. The highest BCUT2D eigenvalue weighted by atomic mass is 32.2. The summed E-state index contributed by atoms with van der Waals surface area (Å²) >= 11 is 0. The lowest BCUT2D eigenvalue weighted by molar-refractivity contribution is -0.116. The third kappa shape index (κ3) is 6.70. The highest BCUT2D eigenvalue weighted by molar-refractivity contribution is 7.92. The Morgan fingerprint density at radius 1 is 0.971 bits per heavy atom. The minimum Gasteiger partial charge on any atom is -0.457 e. The van der Waals surface area contributed by atoms with Crippen LogP contribution in [0.5, 0.6) is 11.5 Å². The molecule has 1 atom stereocenters. The van der Waals surface area contributed by atoms with Gasteiger partial charge in [0.05, 0.1) is 23.2 Å². The maximum absolute atomic E-state index is 13.1. The Labute approximate surface area is 205 Å². The Kier molecular flexibility index (Phi) is 8.27. The number of benzene rings is 3. The van der Waals surface area contributed by atoms with Crippen molar-refractivity contribution in [3.05, 3.63) is 97.1 Å². The first-order chi connectivity index (χ1) is 16.7. The summed E-state index contributed by atoms with van der Waals surface area (Å²) in [7, 11) is -3.82. The van der Waals surface area contributed by atoms with Crippen LogP contribution in [0.25, 0.3) is 0 Å². The van der Waals surface area contributed by atoms with Gasteiger partial charge in [0, 0.05) is 6.54 Å². The van der Waals surface area contributed by atoms with Gasteiger partial charge in [-0.05, 0) is 55.5 Å². The predicted octanol–water partition coefficient (Wildman–Crippen LogP) is 4.19. The summed E-state index contributed by atoms with van der Waals surface area (Å²) in [6.07, 6.45) is 2.57. The second-order valence-corrected chi connectivity index (χ2v) is 9.54. The van der Waals surface area contributed by atoms with Crippen LogP contribution >= 0.6 is 0 Å². The van der Waals surface area contributed by atoms with Crippen LogP contribution in [0.4, 0.5) is 11.4 Å². The van der Waals surface area contributed by atoms with Gasteiger partial charge in [-0.25, -0.2) is 8.42 Å². The molecule has 2 amide bonds. The number of amides is 2. The number of hydrogen-bond donors (Lipinski definition) is 2. The number of rotatable bonds is 10. The van der Waals surface area contributed by atoms with Gasteiger partial charge in [0.15, 0.2) is 0 Å². The van der Waals surface area contributed by atoms with Crippen LogP contribution in [0.3, 0.4) is 0 Å². The predicted molar refractivity (Wildman–Crippen MR) is 137 cm³/mol. The molecule has 0 heterocycles. The van der Waals surface area contributed by atoms with Crippen LogP contribution in [0, 0.1) is 0 Å². The Morgan fingerprint density at radius 2 is 1.57 bits per heavy atom. The number of anilines is 2. The van der Waals surface area contributed by atoms with Crippen molar-refractivity contribution >= 4 is 33.2 Å². The summed E-state index contributed by atoms with van der Waals surface area (Å²) in [5.74, 6) is 0.181. The lowest BCUT2D eigenvalue weighted by Crippen LogP contribution is -2.45. The molecule has 0 aliphatic heterocycles. The van der Waals surface area contributed by atoms with E-state index < -0.39 is 22.0 Å². The van der Waals surface area contributed by atoms with Crippen LogP contribution in [0.2, 0.25) is 0 Å². The minimum absolute atomic E-state index is 0.253. The van der Waals surface area contributed by atoms with Gasteiger partial charge in [0.25, 0.3) is 5.91 Å². The van der Waals surface area contributed by atoms with Crippen LogP contribution in [0.15, 0.2) is 91.5 Å². The lowest BCUT2D eigenvalue weighted by atomic mass is 10.1. The summed E-state index contributed by atoms with van der Waals surface area (Å²) in [5.41, 5.74) is 0.821. The van der Waals surface area contributed by atoms with E-state index in [0.29, 0.717) is 17.2 Å². The smallest absolute Gasteiger partial charge is 0.253 e. The molecular formula is C26H27N3O5S. The zero-order valence-electron chi connectivity index (χ0n) is 19.5. The van der Waals surface area contributed by atoms with Crippen LogP contribution in [0.1, 0.15) is 17.3 Å². The van der Waals surface area contributed by atoms with Crippen molar-refractivity contribution in [2.24, 2.45) is 0 Å². The summed E-state index contributed by atoms with van der Waals surface area (Å²) in [6.45, 7) is 5.31. The van der Waals surface area contributed by atoms with Crippen molar-refractivity contribution in [1.29, 1.82) is 0 Å². The minimum atomic E-state index is -3.82. The molecule has 2 N–H and O–H groups in total. The third-order valence-electron chi connectivity index (χ3n) is 5.00. The van der Waals surface area contributed by atoms with E-state index in [1.54, 1.807) is 66.7 Å². The quantitative estimate of drug-likeness (QED) is 0.412. The number of para-hydroxylation sites is 2. The van der Waals surface area contributed by atoms with E-state index in [2.05, 4.69) is 17.2 Å². The lowest BCUT2D eigenvalue weighted by Gasteiger charge is -2.28. The van der Waals surface area contributed by atoms with Crippen LogP contribution in [-0.4, -0.2) is 39.1 Å². The number of ether oxygens (including phenoxy) is 1. The number of carbonyl (C=O) groups excluding carboxylic acids is 2. The van der Waals surface area contributed by atoms with E-state index in [4.69, 9.17) is 4.74 Å². The summed E-state index contributed by atoms with van der Waals surface area (Å²) in [4.78, 5) is 25.5. The highest BCUT2D eigenvalue weighted by Gasteiger charge is 2.30. The number of nitrogens with zero attached hydrogens (tertiary/aromatic N) is 1. The molecule has 3 aromatic carbocycles. The van der Waals surface area contributed by atoms with E-state index in [1.165, 1.54) is 6.92 Å². The van der Waals surface area contributed by atoms with Crippen molar-refractivity contribution in [2.75, 3.05) is 22.4 Å². The molecule has 182 valence electrons. The molecule has 0 radical (unpaired) electrons. The molecule has 0 aliphatic carbocycles. The topological polar surface area (TPSA) is 105 Å². The third-order valence-corrected chi connectivity index (χ3v) is 6.24. The molecular weight excluding hydrogens is 466 g/mol. The molecule has 0 aliphatic rings. The van der Waals surface area contributed by atoms with Gasteiger partial charge in [0.2, 0.25) is 15.9 Å². The van der Waals surface area contributed by atoms with Gasteiger partial charge < -0.3 is 15.4 Å². The van der Waals surface area contributed by atoms with Crippen molar-refractivity contribution in [3.8, 4) is 11.5 Å². The first-order valence-corrected chi connectivity index (χ1v) is 12.7. The Balaban J connectivity index is 1.81. The van der Waals surface area contributed by atoms with Crippen LogP contribution < -0.4 is 19.7 Å². The molecule has 3 rings (SSSR count). The SMILES string of the molecule is C=CCNC(=O)c1ccccc1NC(=O)[C@H](C)N(c1ccc(Oc2ccccc2)cc1)S(C)(=O)=O. The average molecular weight is 494 g/mol. The average Bonchev–Trinajstić information content (AvgIpc) is 2.84. The number of carbonyl (C=O) groups is 2. The second-order valence-electron chi connectivity index (χ2n) is 7.68. The van der Waals surface area contributed by atoms with E-state index in [-0.39, 0.29) is 23.7 Å². The molecule has 0 saturated carbocycles. The van der Waals surface area contributed by atoms with E-state index in [0.717, 1.165) is 10.6 Å². The fraction of sp³-hybridized carbons (Fsp3) is 0.154. The largest absolute Gasteiger partial charge is 0.457 e. The maximum Gasteiger partial charge on any atom is 0.253 e. The number of hydrogen-bond acceptors (Lipinski definition) is 5. The molecule has 0 aromatic heterocycles. The van der Waals surface area contributed by atoms with Crippen molar-refractivity contribution in [1.82, 2.24) is 5.32 Å². The van der Waals surface area contributed by atoms with E-state index >= 15 is 0 Å². The summed E-state index contributed by atoms with van der Waals surface area (Å²) in [6, 6.07) is 21.0. The van der Waals surface area contributed by atoms with E-state index in [1.807, 2.05) is 18.2 Å². The first kappa shape index (κ1) is 25.5. The number of nitrogens with one attached hydrogen (secondary N) is 2. The molecule has 0 bridgehead atoms. The normalized spacial score (nSPS) is 11.7. The zero-order valence-corrected chi connectivity index (χ0v) is 20.3. The van der Waals surface area contributed by atoms with Gasteiger partial charge >= 0.3 is 0 Å². The van der Waals surface area contributed by atoms with Gasteiger partial charge in [-0.1, -0.05) is 36.4 Å². The summed E-state index contributed by atoms with van der Waals surface area (Å²) < 4.78 is 32.1. The molecule has 0 fully saturated rings. The zero-order chi connectivity index (χ0) is 25.4. The fourth-order valence-corrected chi connectivity index (χ4v) is 4.56. The fourth-order valence-electron chi connectivity index (χ4n) is 3.38. The van der Waals surface area contributed by atoms with Crippen molar-refractivity contribution < 1.29 is 22.7 Å². The molecule has 0 spiro atoms. The Bertz CT molecular complexity index is 1290. The molecule has 9 heteroatoms. The van der Waals surface area contributed by atoms with Crippen molar-refractivity contribution in [3.63, 3.8) is 0 Å². The Morgan fingerprint density at radius 3 is 2.20 bits per heavy atom. The standard InChI is InChI=1S/C26H27N3O5S/c1-4-18-27-26(31)23-12-8-9-13-24(23)28-25(30)19(2)29(35(3,32)33)20-14-16-22(17-15-20)34-21-10-6-5-7-11-21/h4-17,19H,1,18H2,2-3H3,(H,27,31)(H,28,30)/t19-/m0/s1. The second kappa shape index (κ2) is 11.3. The molecule has 35 heavy (non-hydrogen) atoms. The molecule has 0 unspecified atom stereocenters. The van der Waals surface area contributed by atoms with Gasteiger partial charge in [-0.3, -0.25) is 13.9 Å². The maximum atomic E-state index is 13.1. The van der Waals surface area contributed by atoms with Crippen molar-refractivity contribution in [2.45, 2.75) is 13.0 Å². The monoisotopic (exact) mass is 493 g/mol. The van der Waals surface area contributed by atoms with Gasteiger partial charge in [-0.15, -0.1) is 6.58 Å².